The predicted octanol–water partition coefficient (Wildman–Crippen LogP) is 2.08. The number of ether oxygens (including phenoxy) is 1. The zero-order valence-corrected chi connectivity index (χ0v) is 12.7. The van der Waals surface area contributed by atoms with Crippen molar-refractivity contribution in [3.05, 3.63) is 75.7 Å². The molecular formula is C18H13N3O3. The number of rotatable bonds is 4. The van der Waals surface area contributed by atoms with Crippen molar-refractivity contribution < 1.29 is 9.53 Å². The third kappa shape index (κ3) is 3.31. The predicted molar refractivity (Wildman–Crippen MR) is 87.0 cm³/mol. The molecule has 0 aliphatic carbocycles. The lowest BCUT2D eigenvalue weighted by Gasteiger charge is -2.06. The van der Waals surface area contributed by atoms with E-state index in [0.29, 0.717) is 22.0 Å². The van der Waals surface area contributed by atoms with Crippen LogP contribution in [-0.4, -0.2) is 16.2 Å². The summed E-state index contributed by atoms with van der Waals surface area (Å²) in [6, 6.07) is 15.9. The van der Waals surface area contributed by atoms with Gasteiger partial charge >= 0.3 is 5.97 Å². The van der Waals surface area contributed by atoms with E-state index in [1.54, 1.807) is 48.5 Å². The summed E-state index contributed by atoms with van der Waals surface area (Å²) < 4.78 is 5.23. The fourth-order valence-corrected chi connectivity index (χ4v) is 2.39. The van der Waals surface area contributed by atoms with Crippen LogP contribution in [0.2, 0.25) is 0 Å². The van der Waals surface area contributed by atoms with Gasteiger partial charge in [0, 0.05) is 5.39 Å². The number of benzene rings is 2. The molecule has 0 fully saturated rings. The van der Waals surface area contributed by atoms with E-state index in [0.717, 1.165) is 5.56 Å². The molecule has 1 heterocycles. The van der Waals surface area contributed by atoms with Crippen molar-refractivity contribution >= 4 is 16.7 Å². The quantitative estimate of drug-likeness (QED) is 0.743. The van der Waals surface area contributed by atoms with Gasteiger partial charge in [-0.05, 0) is 23.8 Å². The minimum absolute atomic E-state index is 0.0464. The topological polar surface area (TPSA) is 95.8 Å². The number of carbonyl (C=O) groups is 1. The fraction of sp³-hybridized carbons (Fsp3) is 0.111. The van der Waals surface area contributed by atoms with Gasteiger partial charge in [0.1, 0.15) is 6.61 Å². The van der Waals surface area contributed by atoms with Crippen LogP contribution in [0.25, 0.3) is 10.8 Å². The molecular weight excluding hydrogens is 306 g/mol. The Kier molecular flexibility index (Phi) is 4.34. The second-order valence-electron chi connectivity index (χ2n) is 5.19. The van der Waals surface area contributed by atoms with Crippen LogP contribution in [0.5, 0.6) is 0 Å². The Labute approximate surface area is 137 Å². The van der Waals surface area contributed by atoms with Crippen molar-refractivity contribution in [3.8, 4) is 6.07 Å². The highest BCUT2D eigenvalue weighted by molar-refractivity contribution is 5.86. The lowest BCUT2D eigenvalue weighted by atomic mass is 10.1. The van der Waals surface area contributed by atoms with E-state index >= 15 is 0 Å². The van der Waals surface area contributed by atoms with Crippen LogP contribution in [0.4, 0.5) is 0 Å². The molecule has 1 N–H and O–H groups in total. The smallest absolute Gasteiger partial charge is 0.312 e. The molecule has 0 amide bonds. The number of H-pyrrole nitrogens is 1. The first kappa shape index (κ1) is 15.4. The molecule has 2 aromatic carbocycles. The van der Waals surface area contributed by atoms with Crippen molar-refractivity contribution in [2.75, 3.05) is 0 Å². The molecule has 0 saturated carbocycles. The van der Waals surface area contributed by atoms with Gasteiger partial charge in [-0.3, -0.25) is 9.59 Å². The molecule has 0 bridgehead atoms. The van der Waals surface area contributed by atoms with Gasteiger partial charge in [0.05, 0.1) is 29.1 Å². The standard InChI is InChI=1S/C18H13N3O3/c19-10-12-4-3-5-13(8-12)11-24-17(22)9-16-14-6-1-2-7-15(14)18(23)21-20-16/h1-8H,9,11H2,(H,21,23). The third-order valence-electron chi connectivity index (χ3n) is 3.54. The molecule has 0 atom stereocenters. The number of fused-ring (bicyclic) bond motifs is 1. The van der Waals surface area contributed by atoms with Gasteiger partial charge in [-0.1, -0.05) is 30.3 Å². The Morgan fingerprint density at radius 3 is 2.75 bits per heavy atom. The number of nitrogens with zero attached hydrogens (tertiary/aromatic N) is 2. The first-order chi connectivity index (χ1) is 11.7. The van der Waals surface area contributed by atoms with Gasteiger partial charge < -0.3 is 4.74 Å². The highest BCUT2D eigenvalue weighted by Crippen LogP contribution is 2.13. The van der Waals surface area contributed by atoms with Crippen LogP contribution >= 0.6 is 0 Å². The van der Waals surface area contributed by atoms with Crippen molar-refractivity contribution in [3.63, 3.8) is 0 Å². The second-order valence-corrected chi connectivity index (χ2v) is 5.19. The zero-order valence-electron chi connectivity index (χ0n) is 12.7. The van der Waals surface area contributed by atoms with E-state index in [9.17, 15) is 9.59 Å². The number of nitrogens with one attached hydrogen (secondary N) is 1. The number of carbonyl (C=O) groups excluding carboxylic acids is 1. The van der Waals surface area contributed by atoms with Crippen LogP contribution in [0.3, 0.4) is 0 Å². The third-order valence-corrected chi connectivity index (χ3v) is 3.54. The van der Waals surface area contributed by atoms with E-state index in [4.69, 9.17) is 10.00 Å². The number of aromatic nitrogens is 2. The summed E-state index contributed by atoms with van der Waals surface area (Å²) >= 11 is 0. The number of nitriles is 1. The number of esters is 1. The van der Waals surface area contributed by atoms with Crippen molar-refractivity contribution in [2.45, 2.75) is 13.0 Å². The summed E-state index contributed by atoms with van der Waals surface area (Å²) in [5.74, 6) is -0.456. The Morgan fingerprint density at radius 2 is 1.96 bits per heavy atom. The van der Waals surface area contributed by atoms with E-state index in [1.807, 2.05) is 6.07 Å². The summed E-state index contributed by atoms with van der Waals surface area (Å²) in [6.45, 7) is 0.0790. The fourth-order valence-electron chi connectivity index (χ4n) is 2.39. The van der Waals surface area contributed by atoms with E-state index in [1.165, 1.54) is 0 Å². The molecule has 0 spiro atoms. The van der Waals surface area contributed by atoms with Crippen molar-refractivity contribution in [2.24, 2.45) is 0 Å². The Morgan fingerprint density at radius 1 is 1.17 bits per heavy atom. The van der Waals surface area contributed by atoms with Gasteiger partial charge in [0.15, 0.2) is 0 Å². The van der Waals surface area contributed by atoms with Crippen LogP contribution in [-0.2, 0) is 22.6 Å². The van der Waals surface area contributed by atoms with E-state index in [2.05, 4.69) is 10.2 Å². The molecule has 0 unspecified atom stereocenters. The lowest BCUT2D eigenvalue weighted by Crippen LogP contribution is -2.15. The van der Waals surface area contributed by atoms with E-state index < -0.39 is 5.97 Å². The molecule has 118 valence electrons. The van der Waals surface area contributed by atoms with Crippen molar-refractivity contribution in [1.29, 1.82) is 5.26 Å². The molecule has 6 nitrogen and oxygen atoms in total. The molecule has 24 heavy (non-hydrogen) atoms. The van der Waals surface area contributed by atoms with Gasteiger partial charge in [-0.2, -0.15) is 10.4 Å². The Balaban J connectivity index is 1.73. The maximum Gasteiger partial charge on any atom is 0.312 e. The number of aromatic amines is 1. The first-order valence-electron chi connectivity index (χ1n) is 7.28. The Hall–Kier alpha value is -3.46. The van der Waals surface area contributed by atoms with Crippen LogP contribution in [0, 0.1) is 11.3 Å². The highest BCUT2D eigenvalue weighted by atomic mass is 16.5. The molecule has 0 aliphatic heterocycles. The van der Waals surface area contributed by atoms with Gasteiger partial charge in [-0.25, -0.2) is 5.10 Å². The molecule has 6 heteroatoms. The maximum atomic E-state index is 12.0. The monoisotopic (exact) mass is 319 g/mol. The molecule has 0 radical (unpaired) electrons. The summed E-state index contributed by atoms with van der Waals surface area (Å²) in [5.41, 5.74) is 1.41. The number of hydrogen-bond donors (Lipinski definition) is 1. The van der Waals surface area contributed by atoms with E-state index in [-0.39, 0.29) is 18.6 Å². The molecule has 0 aliphatic rings. The summed E-state index contributed by atoms with van der Waals surface area (Å²) in [7, 11) is 0. The molecule has 0 saturated heterocycles. The summed E-state index contributed by atoms with van der Waals surface area (Å²) in [6.07, 6.45) is -0.0464. The largest absolute Gasteiger partial charge is 0.461 e. The average molecular weight is 319 g/mol. The lowest BCUT2D eigenvalue weighted by molar-refractivity contribution is -0.144. The Bertz CT molecular complexity index is 1000. The van der Waals surface area contributed by atoms with Gasteiger partial charge in [0.25, 0.3) is 5.56 Å². The first-order valence-corrected chi connectivity index (χ1v) is 7.28. The molecule has 3 rings (SSSR count). The van der Waals surface area contributed by atoms with Gasteiger partial charge in [-0.15, -0.1) is 0 Å². The summed E-state index contributed by atoms with van der Waals surface area (Å²) in [5, 5.41) is 16.3. The average Bonchev–Trinajstić information content (AvgIpc) is 2.63. The zero-order chi connectivity index (χ0) is 16.9. The second kappa shape index (κ2) is 6.75. The van der Waals surface area contributed by atoms with Crippen LogP contribution in [0.15, 0.2) is 53.3 Å². The molecule has 3 aromatic rings. The van der Waals surface area contributed by atoms with Crippen molar-refractivity contribution in [1.82, 2.24) is 10.2 Å². The minimum atomic E-state index is -0.456. The highest BCUT2D eigenvalue weighted by Gasteiger charge is 2.12. The normalized spacial score (nSPS) is 10.3. The minimum Gasteiger partial charge on any atom is -0.461 e. The molecule has 1 aromatic heterocycles. The number of hydrogen-bond acceptors (Lipinski definition) is 5. The van der Waals surface area contributed by atoms with Crippen LogP contribution in [0.1, 0.15) is 16.8 Å². The van der Waals surface area contributed by atoms with Gasteiger partial charge in [0.2, 0.25) is 0 Å². The SMILES string of the molecule is N#Cc1cccc(COC(=O)Cc2n[nH]c(=O)c3ccccc23)c1. The summed E-state index contributed by atoms with van der Waals surface area (Å²) in [4.78, 5) is 23.8. The van der Waals surface area contributed by atoms with Crippen LogP contribution < -0.4 is 5.56 Å². The maximum absolute atomic E-state index is 12.0.